The summed E-state index contributed by atoms with van der Waals surface area (Å²) in [5.41, 5.74) is 0.856. The fourth-order valence-corrected chi connectivity index (χ4v) is 3.54. The molecule has 1 atom stereocenters. The van der Waals surface area contributed by atoms with Gasteiger partial charge in [0.25, 0.3) is 0 Å². The van der Waals surface area contributed by atoms with Crippen molar-refractivity contribution < 1.29 is 13.3 Å². The molecule has 1 aromatic carbocycles. The summed E-state index contributed by atoms with van der Waals surface area (Å²) in [5.74, 6) is 4.90. The van der Waals surface area contributed by atoms with Crippen LogP contribution in [-0.2, 0) is 21.1 Å². The molecular weight excluding hydrogens is 202 g/mol. The van der Waals surface area contributed by atoms with E-state index in [1.807, 2.05) is 12.1 Å². The molecule has 0 saturated carbocycles. The first kappa shape index (κ1) is 9.64. The molecule has 5 heteroatoms. The molecule has 14 heavy (non-hydrogen) atoms. The molecule has 0 aliphatic carbocycles. The van der Waals surface area contributed by atoms with Gasteiger partial charge in [0, 0.05) is 0 Å². The number of hydrogen-bond acceptors (Lipinski definition) is 4. The Labute approximate surface area is 82.6 Å². The van der Waals surface area contributed by atoms with Crippen LogP contribution < -0.4 is 5.90 Å². The van der Waals surface area contributed by atoms with Gasteiger partial charge >= 0.3 is 0 Å². The van der Waals surface area contributed by atoms with Crippen LogP contribution >= 0.6 is 0 Å². The zero-order valence-electron chi connectivity index (χ0n) is 7.51. The van der Waals surface area contributed by atoms with Crippen LogP contribution in [0.1, 0.15) is 5.56 Å². The molecular formula is C9H11NO3S. The highest BCUT2D eigenvalue weighted by atomic mass is 32.2. The van der Waals surface area contributed by atoms with E-state index in [2.05, 4.69) is 4.84 Å². The van der Waals surface area contributed by atoms with E-state index in [-0.39, 0.29) is 6.61 Å². The van der Waals surface area contributed by atoms with Gasteiger partial charge < -0.3 is 4.84 Å². The third kappa shape index (κ3) is 1.33. The topological polar surface area (TPSA) is 69.4 Å². The number of sulfone groups is 1. The SMILES string of the molecule is NOCC1Cc2ccccc2S1(=O)=O. The van der Waals surface area contributed by atoms with Crippen molar-refractivity contribution in [2.45, 2.75) is 16.6 Å². The normalized spacial score (nSPS) is 23.4. The van der Waals surface area contributed by atoms with Crippen molar-refractivity contribution in [1.29, 1.82) is 0 Å². The van der Waals surface area contributed by atoms with Crippen molar-refractivity contribution in [3.8, 4) is 0 Å². The minimum atomic E-state index is -3.21. The Morgan fingerprint density at radius 3 is 2.79 bits per heavy atom. The smallest absolute Gasteiger partial charge is 0.184 e. The van der Waals surface area contributed by atoms with Crippen molar-refractivity contribution >= 4 is 9.84 Å². The lowest BCUT2D eigenvalue weighted by molar-refractivity contribution is 0.138. The lowest BCUT2D eigenvalue weighted by Gasteiger charge is -2.06. The van der Waals surface area contributed by atoms with E-state index in [9.17, 15) is 8.42 Å². The molecule has 76 valence electrons. The van der Waals surface area contributed by atoms with Gasteiger partial charge in [0.05, 0.1) is 16.8 Å². The Morgan fingerprint density at radius 1 is 1.43 bits per heavy atom. The van der Waals surface area contributed by atoms with Crippen molar-refractivity contribution in [2.24, 2.45) is 5.90 Å². The van der Waals surface area contributed by atoms with Crippen LogP contribution in [0.4, 0.5) is 0 Å². The molecule has 0 aromatic heterocycles. The number of rotatable bonds is 2. The van der Waals surface area contributed by atoms with Gasteiger partial charge in [-0.25, -0.2) is 14.3 Å². The Hall–Kier alpha value is -0.910. The monoisotopic (exact) mass is 213 g/mol. The molecule has 2 N–H and O–H groups in total. The molecule has 0 bridgehead atoms. The third-order valence-corrected chi connectivity index (χ3v) is 4.64. The molecule has 1 aliphatic heterocycles. The molecule has 0 saturated heterocycles. The average Bonchev–Trinajstić information content (AvgIpc) is 2.41. The Morgan fingerprint density at radius 2 is 2.14 bits per heavy atom. The number of benzene rings is 1. The maximum absolute atomic E-state index is 11.8. The first-order valence-electron chi connectivity index (χ1n) is 4.29. The quantitative estimate of drug-likeness (QED) is 0.716. The van der Waals surface area contributed by atoms with E-state index in [0.29, 0.717) is 11.3 Å². The summed E-state index contributed by atoms with van der Waals surface area (Å²) < 4.78 is 23.7. The first-order chi connectivity index (χ1) is 6.66. The van der Waals surface area contributed by atoms with Gasteiger partial charge in [-0.15, -0.1) is 0 Å². The first-order valence-corrected chi connectivity index (χ1v) is 5.84. The van der Waals surface area contributed by atoms with Crippen molar-refractivity contribution in [3.63, 3.8) is 0 Å². The summed E-state index contributed by atoms with van der Waals surface area (Å²) in [6, 6.07) is 7.01. The predicted octanol–water partition coefficient (Wildman–Crippen LogP) is 0.275. The van der Waals surface area contributed by atoms with E-state index < -0.39 is 15.1 Å². The summed E-state index contributed by atoms with van der Waals surface area (Å²) in [4.78, 5) is 4.83. The van der Waals surface area contributed by atoms with Crippen LogP contribution in [0.25, 0.3) is 0 Å². The summed E-state index contributed by atoms with van der Waals surface area (Å²) >= 11 is 0. The Kier molecular flexibility index (Phi) is 2.30. The van der Waals surface area contributed by atoms with E-state index in [1.165, 1.54) is 0 Å². The molecule has 1 heterocycles. The lowest BCUT2D eigenvalue weighted by atomic mass is 10.1. The molecule has 0 radical (unpaired) electrons. The van der Waals surface area contributed by atoms with Crippen LogP contribution in [0, 0.1) is 0 Å². The van der Waals surface area contributed by atoms with Crippen LogP contribution in [-0.4, -0.2) is 20.3 Å². The number of fused-ring (bicyclic) bond motifs is 1. The Balaban J connectivity index is 2.46. The molecule has 0 fully saturated rings. The minimum absolute atomic E-state index is 0.0526. The summed E-state index contributed by atoms with van der Waals surface area (Å²) in [6.45, 7) is 0.0526. The second-order valence-electron chi connectivity index (χ2n) is 3.31. The highest BCUT2D eigenvalue weighted by Gasteiger charge is 2.36. The van der Waals surface area contributed by atoms with Crippen LogP contribution in [0.5, 0.6) is 0 Å². The summed E-state index contributed by atoms with van der Waals surface area (Å²) in [6.07, 6.45) is 0.496. The molecule has 1 unspecified atom stereocenters. The average molecular weight is 213 g/mol. The fourth-order valence-electron chi connectivity index (χ4n) is 1.74. The second kappa shape index (κ2) is 3.34. The van der Waals surface area contributed by atoms with Crippen molar-refractivity contribution in [1.82, 2.24) is 0 Å². The zero-order valence-corrected chi connectivity index (χ0v) is 8.33. The molecule has 0 amide bonds. The van der Waals surface area contributed by atoms with E-state index >= 15 is 0 Å². The van der Waals surface area contributed by atoms with Crippen molar-refractivity contribution in [2.75, 3.05) is 6.61 Å². The molecule has 0 spiro atoms. The molecule has 2 rings (SSSR count). The molecule has 1 aromatic rings. The van der Waals surface area contributed by atoms with Gasteiger partial charge in [-0.2, -0.15) is 0 Å². The minimum Gasteiger partial charge on any atom is -0.303 e. The zero-order chi connectivity index (χ0) is 10.2. The summed E-state index contributed by atoms with van der Waals surface area (Å²) in [5, 5.41) is -0.523. The van der Waals surface area contributed by atoms with Gasteiger partial charge in [0.2, 0.25) is 0 Å². The summed E-state index contributed by atoms with van der Waals surface area (Å²) in [7, 11) is -3.21. The third-order valence-electron chi connectivity index (χ3n) is 2.45. The van der Waals surface area contributed by atoms with E-state index in [0.717, 1.165) is 5.56 Å². The maximum Gasteiger partial charge on any atom is 0.184 e. The van der Waals surface area contributed by atoms with Crippen LogP contribution in [0.3, 0.4) is 0 Å². The van der Waals surface area contributed by atoms with E-state index in [1.54, 1.807) is 12.1 Å². The van der Waals surface area contributed by atoms with E-state index in [4.69, 9.17) is 5.90 Å². The standard InChI is InChI=1S/C9H11NO3S/c10-13-6-8-5-7-3-1-2-4-9(7)14(8,11)12/h1-4,8H,5-6,10H2. The van der Waals surface area contributed by atoms with Gasteiger partial charge in [-0.3, -0.25) is 0 Å². The second-order valence-corrected chi connectivity index (χ2v) is 5.51. The van der Waals surface area contributed by atoms with Gasteiger partial charge in [0.1, 0.15) is 0 Å². The van der Waals surface area contributed by atoms with Gasteiger partial charge in [-0.05, 0) is 18.1 Å². The largest absolute Gasteiger partial charge is 0.303 e. The number of nitrogens with two attached hydrogens (primary N) is 1. The maximum atomic E-state index is 11.8. The van der Waals surface area contributed by atoms with Gasteiger partial charge in [-0.1, -0.05) is 18.2 Å². The number of hydrogen-bond donors (Lipinski definition) is 1. The lowest BCUT2D eigenvalue weighted by Crippen LogP contribution is -2.24. The Bertz CT molecular complexity index is 441. The highest BCUT2D eigenvalue weighted by Crippen LogP contribution is 2.30. The van der Waals surface area contributed by atoms with Crippen LogP contribution in [0.2, 0.25) is 0 Å². The van der Waals surface area contributed by atoms with Crippen LogP contribution in [0.15, 0.2) is 29.2 Å². The van der Waals surface area contributed by atoms with Gasteiger partial charge in [0.15, 0.2) is 9.84 Å². The highest BCUT2D eigenvalue weighted by molar-refractivity contribution is 7.92. The fraction of sp³-hybridized carbons (Fsp3) is 0.333. The van der Waals surface area contributed by atoms with Crippen molar-refractivity contribution in [3.05, 3.63) is 29.8 Å². The molecule has 1 aliphatic rings. The molecule has 4 nitrogen and oxygen atoms in total. The predicted molar refractivity (Wildman–Crippen MR) is 51.3 cm³/mol.